The molecule has 1 amide bonds. The van der Waals surface area contributed by atoms with Crippen molar-refractivity contribution >= 4 is 28.5 Å². The fourth-order valence-corrected chi connectivity index (χ4v) is 2.53. The molecule has 1 saturated carbocycles. The monoisotopic (exact) mass is 329 g/mol. The van der Waals surface area contributed by atoms with Gasteiger partial charge in [-0.1, -0.05) is 19.4 Å². The van der Waals surface area contributed by atoms with Crippen molar-refractivity contribution in [1.29, 1.82) is 0 Å². The summed E-state index contributed by atoms with van der Waals surface area (Å²) in [6.07, 6.45) is 3.77. The van der Waals surface area contributed by atoms with E-state index in [0.717, 1.165) is 15.7 Å². The summed E-state index contributed by atoms with van der Waals surface area (Å²) in [6, 6.07) is 7.69. The molecule has 0 aliphatic heterocycles. The normalized spacial score (nSPS) is 17.6. The minimum atomic E-state index is 0.0478. The Morgan fingerprint density at radius 3 is 2.81 bits per heavy atom. The number of rotatable bonds is 3. The highest BCUT2D eigenvalue weighted by Crippen LogP contribution is 2.39. The molecular weight excluding hydrogens is 313 g/mol. The van der Waals surface area contributed by atoms with E-state index >= 15 is 0 Å². The SMILES string of the molecule is CC1(CNC(=O)c2cccc(I)c2)CCC1. The zero-order valence-corrected chi connectivity index (χ0v) is 11.6. The van der Waals surface area contributed by atoms with Gasteiger partial charge in [0, 0.05) is 15.7 Å². The third-order valence-corrected chi connectivity index (χ3v) is 3.99. The molecule has 0 bridgehead atoms. The quantitative estimate of drug-likeness (QED) is 0.848. The first kappa shape index (κ1) is 11.9. The van der Waals surface area contributed by atoms with Gasteiger partial charge in [-0.3, -0.25) is 4.79 Å². The Balaban J connectivity index is 1.93. The molecule has 1 aliphatic rings. The van der Waals surface area contributed by atoms with Crippen LogP contribution in [0.2, 0.25) is 0 Å². The van der Waals surface area contributed by atoms with E-state index in [2.05, 4.69) is 34.8 Å². The second kappa shape index (κ2) is 4.73. The Kier molecular flexibility index (Phi) is 3.52. The number of carbonyl (C=O) groups excluding carboxylic acids is 1. The first-order valence-corrected chi connectivity index (χ1v) is 6.71. The predicted octanol–water partition coefficient (Wildman–Crippen LogP) is 3.21. The molecule has 0 radical (unpaired) electrons. The van der Waals surface area contributed by atoms with Gasteiger partial charge in [0.15, 0.2) is 0 Å². The Bertz CT molecular complexity index is 399. The van der Waals surface area contributed by atoms with Crippen molar-refractivity contribution in [2.75, 3.05) is 6.54 Å². The third kappa shape index (κ3) is 2.75. The van der Waals surface area contributed by atoms with Crippen molar-refractivity contribution < 1.29 is 4.79 Å². The number of carbonyl (C=O) groups is 1. The van der Waals surface area contributed by atoms with Crippen LogP contribution in [0.25, 0.3) is 0 Å². The smallest absolute Gasteiger partial charge is 0.251 e. The van der Waals surface area contributed by atoms with E-state index in [1.54, 1.807) is 0 Å². The fraction of sp³-hybridized carbons (Fsp3) is 0.462. The molecule has 0 aromatic heterocycles. The molecule has 1 aromatic rings. The van der Waals surface area contributed by atoms with Gasteiger partial charge in [-0.25, -0.2) is 0 Å². The van der Waals surface area contributed by atoms with Gasteiger partial charge in [-0.05, 0) is 59.0 Å². The van der Waals surface area contributed by atoms with Gasteiger partial charge in [-0.2, -0.15) is 0 Å². The van der Waals surface area contributed by atoms with E-state index in [0.29, 0.717) is 5.41 Å². The average Bonchev–Trinajstić information content (AvgIpc) is 2.23. The lowest BCUT2D eigenvalue weighted by atomic mass is 9.70. The van der Waals surface area contributed by atoms with Crippen LogP contribution in [0.15, 0.2) is 24.3 Å². The molecule has 1 aromatic carbocycles. The Hall–Kier alpha value is -0.580. The molecule has 0 heterocycles. The van der Waals surface area contributed by atoms with E-state index in [1.165, 1.54) is 19.3 Å². The van der Waals surface area contributed by atoms with Crippen molar-refractivity contribution in [3.8, 4) is 0 Å². The molecule has 0 saturated heterocycles. The summed E-state index contributed by atoms with van der Waals surface area (Å²) < 4.78 is 1.10. The highest BCUT2D eigenvalue weighted by molar-refractivity contribution is 14.1. The average molecular weight is 329 g/mol. The van der Waals surface area contributed by atoms with Gasteiger partial charge in [-0.15, -0.1) is 0 Å². The Morgan fingerprint density at radius 1 is 1.50 bits per heavy atom. The summed E-state index contributed by atoms with van der Waals surface area (Å²) in [4.78, 5) is 11.9. The minimum absolute atomic E-state index is 0.0478. The lowest BCUT2D eigenvalue weighted by molar-refractivity contribution is 0.0890. The molecule has 1 aliphatic carbocycles. The maximum absolute atomic E-state index is 11.9. The van der Waals surface area contributed by atoms with Gasteiger partial charge in [0.25, 0.3) is 5.91 Å². The number of hydrogen-bond donors (Lipinski definition) is 1. The predicted molar refractivity (Wildman–Crippen MR) is 73.5 cm³/mol. The summed E-state index contributed by atoms with van der Waals surface area (Å²) in [5, 5.41) is 3.03. The van der Waals surface area contributed by atoms with Gasteiger partial charge >= 0.3 is 0 Å². The lowest BCUT2D eigenvalue weighted by Crippen LogP contribution is -2.39. The second-order valence-corrected chi connectivity index (χ2v) is 6.10. The molecule has 0 spiro atoms. The molecule has 0 unspecified atom stereocenters. The van der Waals surface area contributed by atoms with Crippen molar-refractivity contribution in [1.82, 2.24) is 5.32 Å². The number of halogens is 1. The minimum Gasteiger partial charge on any atom is -0.351 e. The molecule has 16 heavy (non-hydrogen) atoms. The van der Waals surface area contributed by atoms with Gasteiger partial charge in [0.1, 0.15) is 0 Å². The van der Waals surface area contributed by atoms with Crippen molar-refractivity contribution in [2.24, 2.45) is 5.41 Å². The van der Waals surface area contributed by atoms with Crippen LogP contribution in [0.5, 0.6) is 0 Å². The molecule has 3 heteroatoms. The summed E-state index contributed by atoms with van der Waals surface area (Å²) >= 11 is 2.22. The van der Waals surface area contributed by atoms with E-state index in [1.807, 2.05) is 24.3 Å². The highest BCUT2D eigenvalue weighted by Gasteiger charge is 2.31. The maximum atomic E-state index is 11.9. The number of benzene rings is 1. The first-order valence-electron chi connectivity index (χ1n) is 5.63. The standard InChI is InChI=1S/C13H16INO/c1-13(6-3-7-13)9-15-12(16)10-4-2-5-11(14)8-10/h2,4-5,8H,3,6-7,9H2,1H3,(H,15,16). The zero-order chi connectivity index (χ0) is 11.6. The van der Waals surface area contributed by atoms with Crippen molar-refractivity contribution in [3.63, 3.8) is 0 Å². The molecular formula is C13H16INO. The largest absolute Gasteiger partial charge is 0.351 e. The summed E-state index contributed by atoms with van der Waals surface area (Å²) in [7, 11) is 0. The number of amides is 1. The van der Waals surface area contributed by atoms with Crippen LogP contribution in [0.1, 0.15) is 36.5 Å². The van der Waals surface area contributed by atoms with Crippen LogP contribution in [0.4, 0.5) is 0 Å². The van der Waals surface area contributed by atoms with E-state index in [9.17, 15) is 4.79 Å². The van der Waals surface area contributed by atoms with Crippen LogP contribution in [0, 0.1) is 8.99 Å². The van der Waals surface area contributed by atoms with Crippen molar-refractivity contribution in [2.45, 2.75) is 26.2 Å². The van der Waals surface area contributed by atoms with Gasteiger partial charge < -0.3 is 5.32 Å². The van der Waals surface area contributed by atoms with Crippen molar-refractivity contribution in [3.05, 3.63) is 33.4 Å². The third-order valence-electron chi connectivity index (χ3n) is 3.32. The second-order valence-electron chi connectivity index (χ2n) is 4.86. The van der Waals surface area contributed by atoms with E-state index in [-0.39, 0.29) is 5.91 Å². The molecule has 2 rings (SSSR count). The van der Waals surface area contributed by atoms with Crippen LogP contribution >= 0.6 is 22.6 Å². The van der Waals surface area contributed by atoms with E-state index in [4.69, 9.17) is 0 Å². The summed E-state index contributed by atoms with van der Waals surface area (Å²) in [5.74, 6) is 0.0478. The molecule has 1 fully saturated rings. The topological polar surface area (TPSA) is 29.1 Å². The van der Waals surface area contributed by atoms with Crippen LogP contribution in [-0.2, 0) is 0 Å². The fourth-order valence-electron chi connectivity index (χ4n) is 1.98. The van der Waals surface area contributed by atoms with Gasteiger partial charge in [0.2, 0.25) is 0 Å². The summed E-state index contributed by atoms with van der Waals surface area (Å²) in [6.45, 7) is 3.04. The molecule has 86 valence electrons. The lowest BCUT2D eigenvalue weighted by Gasteiger charge is -2.38. The maximum Gasteiger partial charge on any atom is 0.251 e. The first-order chi connectivity index (χ1) is 7.59. The van der Waals surface area contributed by atoms with Crippen LogP contribution < -0.4 is 5.32 Å². The molecule has 1 N–H and O–H groups in total. The zero-order valence-electron chi connectivity index (χ0n) is 9.42. The Morgan fingerprint density at radius 2 is 2.25 bits per heavy atom. The molecule has 0 atom stereocenters. The number of nitrogens with one attached hydrogen (secondary N) is 1. The molecule has 2 nitrogen and oxygen atoms in total. The van der Waals surface area contributed by atoms with Crippen LogP contribution in [-0.4, -0.2) is 12.5 Å². The Labute approximate surface area is 110 Å². The van der Waals surface area contributed by atoms with E-state index < -0.39 is 0 Å². The number of hydrogen-bond acceptors (Lipinski definition) is 1. The highest BCUT2D eigenvalue weighted by atomic mass is 127. The van der Waals surface area contributed by atoms with Gasteiger partial charge in [0.05, 0.1) is 0 Å². The summed E-state index contributed by atoms with van der Waals surface area (Å²) in [5.41, 5.74) is 1.10. The van der Waals surface area contributed by atoms with Crippen LogP contribution in [0.3, 0.4) is 0 Å².